The molecule has 0 aliphatic heterocycles. The molecule has 0 radical (unpaired) electrons. The summed E-state index contributed by atoms with van der Waals surface area (Å²) in [5, 5.41) is 8.26. The lowest BCUT2D eigenvalue weighted by molar-refractivity contribution is 0.696. The molecule has 14 heavy (non-hydrogen) atoms. The van der Waals surface area contributed by atoms with Gasteiger partial charge in [-0.1, -0.05) is 36.8 Å². The van der Waals surface area contributed by atoms with E-state index in [4.69, 9.17) is 5.26 Å². The van der Waals surface area contributed by atoms with E-state index in [1.54, 1.807) is 0 Å². The van der Waals surface area contributed by atoms with E-state index in [0.29, 0.717) is 6.42 Å². The van der Waals surface area contributed by atoms with Crippen molar-refractivity contribution in [2.24, 2.45) is 0 Å². The van der Waals surface area contributed by atoms with Crippen molar-refractivity contribution in [2.75, 3.05) is 0 Å². The topological polar surface area (TPSA) is 23.8 Å². The third-order valence-corrected chi connectivity index (χ3v) is 1.87. The van der Waals surface area contributed by atoms with E-state index in [0.717, 1.165) is 12.8 Å². The zero-order valence-corrected chi connectivity index (χ0v) is 8.78. The number of allylic oxidation sites excluding steroid dienone is 5. The molecule has 0 atom stereocenters. The van der Waals surface area contributed by atoms with E-state index >= 15 is 0 Å². The molecule has 0 rings (SSSR count). The summed E-state index contributed by atoms with van der Waals surface area (Å²) in [5.41, 5.74) is 0. The van der Waals surface area contributed by atoms with Crippen LogP contribution in [0.2, 0.25) is 0 Å². The van der Waals surface area contributed by atoms with Crippen LogP contribution in [0.3, 0.4) is 0 Å². The van der Waals surface area contributed by atoms with Crippen LogP contribution in [0.1, 0.15) is 38.5 Å². The molecule has 0 aromatic carbocycles. The average molecular weight is 189 g/mol. The molecule has 1 nitrogen and oxygen atoms in total. The Bertz CT molecular complexity index is 218. The van der Waals surface area contributed by atoms with E-state index in [-0.39, 0.29) is 0 Å². The van der Waals surface area contributed by atoms with Crippen molar-refractivity contribution in [1.82, 2.24) is 0 Å². The van der Waals surface area contributed by atoms with Crippen LogP contribution < -0.4 is 0 Å². The van der Waals surface area contributed by atoms with Gasteiger partial charge in [0.05, 0.1) is 12.5 Å². The Morgan fingerprint density at radius 3 is 2.43 bits per heavy atom. The van der Waals surface area contributed by atoms with Crippen molar-refractivity contribution >= 4 is 0 Å². The van der Waals surface area contributed by atoms with Crippen LogP contribution in [-0.4, -0.2) is 0 Å². The molecular formula is C13H19N. The lowest BCUT2D eigenvalue weighted by Crippen LogP contribution is -1.73. The highest BCUT2D eigenvalue weighted by Gasteiger charge is 1.84. The van der Waals surface area contributed by atoms with Gasteiger partial charge in [-0.25, -0.2) is 0 Å². The Morgan fingerprint density at radius 2 is 1.71 bits per heavy atom. The second-order valence-corrected chi connectivity index (χ2v) is 3.15. The summed E-state index contributed by atoms with van der Waals surface area (Å²) < 4.78 is 0. The van der Waals surface area contributed by atoms with Gasteiger partial charge in [-0.05, 0) is 25.7 Å². The molecule has 0 N–H and O–H groups in total. The molecule has 0 fully saturated rings. The first kappa shape index (κ1) is 12.7. The molecule has 0 aromatic rings. The molecule has 0 aliphatic carbocycles. The summed E-state index contributed by atoms with van der Waals surface area (Å²) in [6.45, 7) is 3.69. The van der Waals surface area contributed by atoms with Crippen LogP contribution in [0.4, 0.5) is 0 Å². The molecule has 0 heterocycles. The minimum Gasteiger partial charge on any atom is -0.198 e. The Kier molecular flexibility index (Phi) is 10.6. The van der Waals surface area contributed by atoms with Crippen molar-refractivity contribution in [1.29, 1.82) is 5.26 Å². The normalized spacial score (nSPS) is 10.8. The summed E-state index contributed by atoms with van der Waals surface area (Å²) >= 11 is 0. The fraction of sp³-hybridized carbons (Fsp3) is 0.462. The van der Waals surface area contributed by atoms with Gasteiger partial charge in [0.25, 0.3) is 0 Å². The van der Waals surface area contributed by atoms with Crippen LogP contribution in [0, 0.1) is 11.3 Å². The summed E-state index contributed by atoms with van der Waals surface area (Å²) in [7, 11) is 0. The monoisotopic (exact) mass is 189 g/mol. The number of nitrogens with zero attached hydrogens (tertiary/aromatic N) is 1. The van der Waals surface area contributed by atoms with Crippen LogP contribution >= 0.6 is 0 Å². The quantitative estimate of drug-likeness (QED) is 0.319. The number of unbranched alkanes of at least 4 members (excludes halogenated alkanes) is 4. The van der Waals surface area contributed by atoms with Crippen LogP contribution in [0.5, 0.6) is 0 Å². The van der Waals surface area contributed by atoms with Gasteiger partial charge in [-0.3, -0.25) is 0 Å². The van der Waals surface area contributed by atoms with Gasteiger partial charge >= 0.3 is 0 Å². The van der Waals surface area contributed by atoms with Crippen molar-refractivity contribution in [3.8, 4) is 6.07 Å². The minimum absolute atomic E-state index is 0.504. The van der Waals surface area contributed by atoms with Crippen LogP contribution in [0.15, 0.2) is 37.0 Å². The molecule has 0 amide bonds. The van der Waals surface area contributed by atoms with E-state index in [1.807, 2.05) is 24.3 Å². The van der Waals surface area contributed by atoms with E-state index in [2.05, 4.69) is 18.7 Å². The molecule has 0 aromatic heterocycles. The summed E-state index contributed by atoms with van der Waals surface area (Å²) in [6, 6.07) is 2.06. The van der Waals surface area contributed by atoms with Crippen molar-refractivity contribution in [3.05, 3.63) is 37.0 Å². The minimum atomic E-state index is 0.504. The summed E-state index contributed by atoms with van der Waals surface area (Å²) in [5.74, 6) is 0. The molecule has 1 heteroatoms. The van der Waals surface area contributed by atoms with Gasteiger partial charge < -0.3 is 0 Å². The molecule has 0 saturated carbocycles. The molecule has 0 unspecified atom stereocenters. The maximum Gasteiger partial charge on any atom is 0.0663 e. The summed E-state index contributed by atoms with van der Waals surface area (Å²) in [4.78, 5) is 0. The SMILES string of the molecule is C=CCCCCC/C=C/C=C/CC#N. The Hall–Kier alpha value is -1.29. The van der Waals surface area contributed by atoms with Crippen molar-refractivity contribution in [3.63, 3.8) is 0 Å². The van der Waals surface area contributed by atoms with Crippen LogP contribution in [0.25, 0.3) is 0 Å². The van der Waals surface area contributed by atoms with Gasteiger partial charge in [0.2, 0.25) is 0 Å². The lowest BCUT2D eigenvalue weighted by atomic mass is 10.1. The molecular weight excluding hydrogens is 170 g/mol. The standard InChI is InChI=1S/C13H19N/c1-2-3-4-5-6-7-8-9-10-11-12-13-14/h2,8-11H,1,3-7,12H2/b9-8+,11-10+. The zero-order valence-electron chi connectivity index (χ0n) is 8.78. The smallest absolute Gasteiger partial charge is 0.0663 e. The maximum absolute atomic E-state index is 8.26. The molecule has 0 spiro atoms. The number of hydrogen-bond donors (Lipinski definition) is 0. The van der Waals surface area contributed by atoms with E-state index < -0.39 is 0 Å². The number of nitriles is 1. The predicted octanol–water partition coefficient (Wildman–Crippen LogP) is 4.15. The van der Waals surface area contributed by atoms with Gasteiger partial charge in [-0.2, -0.15) is 5.26 Å². The van der Waals surface area contributed by atoms with Crippen LogP contribution in [-0.2, 0) is 0 Å². The van der Waals surface area contributed by atoms with E-state index in [1.165, 1.54) is 19.3 Å². The second kappa shape index (κ2) is 11.7. The first-order valence-electron chi connectivity index (χ1n) is 5.21. The number of hydrogen-bond acceptors (Lipinski definition) is 1. The van der Waals surface area contributed by atoms with Gasteiger partial charge in [0.1, 0.15) is 0 Å². The summed E-state index contributed by atoms with van der Waals surface area (Å²) in [6.07, 6.45) is 16.5. The average Bonchev–Trinajstić information content (AvgIpc) is 2.21. The fourth-order valence-electron chi connectivity index (χ4n) is 1.10. The predicted molar refractivity (Wildman–Crippen MR) is 61.8 cm³/mol. The highest BCUT2D eigenvalue weighted by Crippen LogP contribution is 2.03. The second-order valence-electron chi connectivity index (χ2n) is 3.15. The third-order valence-electron chi connectivity index (χ3n) is 1.87. The molecule has 0 saturated heterocycles. The first-order chi connectivity index (χ1) is 6.91. The highest BCUT2D eigenvalue weighted by molar-refractivity contribution is 5.04. The Labute approximate surface area is 87.4 Å². The van der Waals surface area contributed by atoms with Gasteiger partial charge in [0, 0.05) is 0 Å². The Balaban J connectivity index is 3.19. The Morgan fingerprint density at radius 1 is 1.00 bits per heavy atom. The van der Waals surface area contributed by atoms with Crippen molar-refractivity contribution in [2.45, 2.75) is 38.5 Å². The zero-order chi connectivity index (χ0) is 10.5. The first-order valence-corrected chi connectivity index (χ1v) is 5.21. The number of rotatable bonds is 8. The highest BCUT2D eigenvalue weighted by atomic mass is 14.2. The largest absolute Gasteiger partial charge is 0.198 e. The molecule has 0 aliphatic rings. The van der Waals surface area contributed by atoms with E-state index in [9.17, 15) is 0 Å². The third kappa shape index (κ3) is 10.7. The molecule has 0 bridgehead atoms. The van der Waals surface area contributed by atoms with Crippen molar-refractivity contribution < 1.29 is 0 Å². The lowest BCUT2D eigenvalue weighted by Gasteiger charge is -1.93. The van der Waals surface area contributed by atoms with Gasteiger partial charge in [0.15, 0.2) is 0 Å². The fourth-order valence-corrected chi connectivity index (χ4v) is 1.10. The maximum atomic E-state index is 8.26. The molecule has 76 valence electrons. The van der Waals surface area contributed by atoms with Gasteiger partial charge in [-0.15, -0.1) is 6.58 Å².